The number of hydrogen-bond donors (Lipinski definition) is 0. The van der Waals surface area contributed by atoms with E-state index in [4.69, 9.17) is 32.9 Å². The predicted molar refractivity (Wildman–Crippen MR) is 115 cm³/mol. The zero-order valence-corrected chi connectivity index (χ0v) is 17.7. The second kappa shape index (κ2) is 7.92. The van der Waals surface area contributed by atoms with Gasteiger partial charge in [-0.15, -0.1) is 0 Å². The van der Waals surface area contributed by atoms with E-state index >= 15 is 0 Å². The second-order valence-corrected chi connectivity index (χ2v) is 9.05. The van der Waals surface area contributed by atoms with E-state index in [2.05, 4.69) is 30.3 Å². The summed E-state index contributed by atoms with van der Waals surface area (Å²) in [7, 11) is 1.68. The van der Waals surface area contributed by atoms with E-state index in [1.165, 1.54) is 8.92 Å². The summed E-state index contributed by atoms with van der Waals surface area (Å²) in [5.41, 5.74) is 2.46. The number of rotatable bonds is 4. The van der Waals surface area contributed by atoms with Gasteiger partial charge >= 0.3 is 175 Å². The first kappa shape index (κ1) is 18.3. The van der Waals surface area contributed by atoms with E-state index in [0.717, 1.165) is 27.9 Å². The van der Waals surface area contributed by atoms with Crippen molar-refractivity contribution in [3.8, 4) is 17.0 Å². The molecule has 134 valence electrons. The number of methoxy groups -OCH3 is 1. The number of pyridine rings is 1. The average Bonchev–Trinajstić information content (AvgIpc) is 2.68. The number of benzene rings is 3. The summed E-state index contributed by atoms with van der Waals surface area (Å²) in [4.78, 5) is 4.83. The average molecular weight is 459 g/mol. The summed E-state index contributed by atoms with van der Waals surface area (Å²) in [6.07, 6.45) is 0. The van der Waals surface area contributed by atoms with Crippen molar-refractivity contribution in [1.29, 1.82) is 0 Å². The van der Waals surface area contributed by atoms with E-state index in [-0.39, 0.29) is 15.0 Å². The van der Waals surface area contributed by atoms with Gasteiger partial charge in [-0.05, 0) is 0 Å². The Bertz CT molecular complexity index is 1100. The van der Waals surface area contributed by atoms with Crippen LogP contribution in [-0.4, -0.2) is 27.1 Å². The van der Waals surface area contributed by atoms with Crippen molar-refractivity contribution in [1.82, 2.24) is 4.98 Å². The Labute approximate surface area is 174 Å². The molecule has 1 heterocycles. The van der Waals surface area contributed by atoms with Crippen molar-refractivity contribution < 1.29 is 4.74 Å². The number of aromatic nitrogens is 1. The number of ether oxygens (including phenoxy) is 1. The van der Waals surface area contributed by atoms with E-state index < -0.39 is 0 Å². The van der Waals surface area contributed by atoms with Crippen LogP contribution in [0, 0.1) is 0 Å². The van der Waals surface area contributed by atoms with Crippen LogP contribution < -0.4 is 13.7 Å². The van der Waals surface area contributed by atoms with E-state index in [1.807, 2.05) is 42.5 Å². The van der Waals surface area contributed by atoms with Gasteiger partial charge in [-0.25, -0.2) is 0 Å². The molecule has 0 fully saturated rings. The Kier molecular flexibility index (Phi) is 5.38. The van der Waals surface area contributed by atoms with Crippen LogP contribution in [-0.2, 0) is 0 Å². The molecule has 0 aliphatic heterocycles. The van der Waals surface area contributed by atoms with Crippen LogP contribution in [0.5, 0.6) is 5.75 Å². The third-order valence-corrected chi connectivity index (χ3v) is 7.03. The minimum atomic E-state index is 0.108. The molecule has 1 aromatic heterocycles. The summed E-state index contributed by atoms with van der Waals surface area (Å²) >= 11 is 13.0. The quantitative estimate of drug-likeness (QED) is 0.407. The van der Waals surface area contributed by atoms with Gasteiger partial charge in [0, 0.05) is 0 Å². The normalized spacial score (nSPS) is 10.9. The Morgan fingerprint density at radius 2 is 1.59 bits per heavy atom. The summed E-state index contributed by atoms with van der Waals surface area (Å²) in [5, 5.41) is 2.28. The molecule has 0 unspecified atom stereocenters. The topological polar surface area (TPSA) is 22.1 Å². The number of hydrogen-bond acceptors (Lipinski definition) is 2. The molecule has 2 nitrogen and oxygen atoms in total. The molecule has 0 saturated heterocycles. The second-order valence-electron chi connectivity index (χ2n) is 5.90. The molecule has 4 rings (SSSR count). The van der Waals surface area contributed by atoms with Gasteiger partial charge in [0.2, 0.25) is 0 Å². The zero-order chi connectivity index (χ0) is 18.8. The number of fused-ring (bicyclic) bond motifs is 1. The van der Waals surface area contributed by atoms with E-state index in [0.29, 0.717) is 10.0 Å². The van der Waals surface area contributed by atoms with Crippen LogP contribution in [0.1, 0.15) is 0 Å². The third kappa shape index (κ3) is 3.83. The van der Waals surface area contributed by atoms with Gasteiger partial charge in [0.25, 0.3) is 0 Å². The van der Waals surface area contributed by atoms with Gasteiger partial charge in [0.05, 0.1) is 0 Å². The van der Waals surface area contributed by atoms with Gasteiger partial charge in [0.15, 0.2) is 0 Å². The van der Waals surface area contributed by atoms with Gasteiger partial charge in [-0.2, -0.15) is 0 Å². The van der Waals surface area contributed by atoms with Crippen LogP contribution in [0.3, 0.4) is 0 Å². The maximum atomic E-state index is 6.44. The molecule has 0 aliphatic carbocycles. The Balaban J connectivity index is 1.94. The zero-order valence-electron chi connectivity index (χ0n) is 14.4. The molecule has 0 aliphatic rings. The molecule has 0 bridgehead atoms. The molecule has 0 saturated carbocycles. The van der Waals surface area contributed by atoms with Crippen molar-refractivity contribution in [3.05, 3.63) is 82.8 Å². The monoisotopic (exact) mass is 459 g/mol. The van der Waals surface area contributed by atoms with Gasteiger partial charge in [-0.1, -0.05) is 0 Å². The van der Waals surface area contributed by atoms with Crippen molar-refractivity contribution in [2.45, 2.75) is 0 Å². The van der Waals surface area contributed by atoms with Crippen LogP contribution in [0.4, 0.5) is 0 Å². The first-order chi connectivity index (χ1) is 13.2. The van der Waals surface area contributed by atoms with E-state index in [1.54, 1.807) is 7.11 Å². The fourth-order valence-corrected chi connectivity index (χ4v) is 5.54. The summed E-state index contributed by atoms with van der Waals surface area (Å²) < 4.78 is 7.92. The molecule has 27 heavy (non-hydrogen) atoms. The molecule has 0 amide bonds. The van der Waals surface area contributed by atoms with Gasteiger partial charge in [0.1, 0.15) is 0 Å². The standard InChI is InChI=1S/C22H15Cl2NOSe/c1-26-14-10-11-19-16(12-14)21(27-15-6-3-2-4-7-15)13-20(25-19)22-17(23)8-5-9-18(22)24/h2-13H,1H3. The first-order valence-corrected chi connectivity index (χ1v) is 10.8. The molecule has 5 heteroatoms. The fraction of sp³-hybridized carbons (Fsp3) is 0.0455. The fourth-order valence-electron chi connectivity index (χ4n) is 2.87. The molecule has 0 N–H and O–H groups in total. The molecular weight excluding hydrogens is 444 g/mol. The molecule has 4 aromatic rings. The predicted octanol–water partition coefficient (Wildman–Crippen LogP) is 4.87. The summed E-state index contributed by atoms with van der Waals surface area (Å²) in [6.45, 7) is 0. The van der Waals surface area contributed by atoms with Crippen molar-refractivity contribution in [2.75, 3.05) is 7.11 Å². The van der Waals surface area contributed by atoms with Gasteiger partial charge in [-0.3, -0.25) is 0 Å². The van der Waals surface area contributed by atoms with Gasteiger partial charge < -0.3 is 0 Å². The molecule has 3 aromatic carbocycles. The SMILES string of the molecule is COc1ccc2nc(-c3c(Cl)cccc3Cl)cc([Se]c3ccccc3)c2c1. The summed E-state index contributed by atoms with van der Waals surface area (Å²) in [5.74, 6) is 0.818. The number of halogens is 2. The molecule has 0 radical (unpaired) electrons. The Hall–Kier alpha value is -2.03. The maximum absolute atomic E-state index is 6.44. The molecule has 0 atom stereocenters. The Morgan fingerprint density at radius 1 is 0.852 bits per heavy atom. The molecular formula is C22H15Cl2NOSe. The van der Waals surface area contributed by atoms with Crippen LogP contribution >= 0.6 is 23.2 Å². The van der Waals surface area contributed by atoms with Crippen molar-refractivity contribution in [2.24, 2.45) is 0 Å². The minimum absolute atomic E-state index is 0.108. The summed E-state index contributed by atoms with van der Waals surface area (Å²) in [6, 6.07) is 24.0. The third-order valence-electron chi connectivity index (χ3n) is 4.17. The van der Waals surface area contributed by atoms with Crippen LogP contribution in [0.15, 0.2) is 72.8 Å². The Morgan fingerprint density at radius 3 is 2.30 bits per heavy atom. The first-order valence-electron chi connectivity index (χ1n) is 8.32. The van der Waals surface area contributed by atoms with Crippen LogP contribution in [0.2, 0.25) is 10.0 Å². The van der Waals surface area contributed by atoms with E-state index in [9.17, 15) is 0 Å². The number of nitrogens with zero attached hydrogens (tertiary/aromatic N) is 1. The van der Waals surface area contributed by atoms with Crippen LogP contribution in [0.25, 0.3) is 22.2 Å². The van der Waals surface area contributed by atoms with Crippen molar-refractivity contribution in [3.63, 3.8) is 0 Å². The molecule has 0 spiro atoms. The van der Waals surface area contributed by atoms with Crippen molar-refractivity contribution >= 4 is 58.0 Å².